The summed E-state index contributed by atoms with van der Waals surface area (Å²) in [5.74, 6) is 0. The van der Waals surface area contributed by atoms with E-state index in [1.165, 1.54) is 0 Å². The molecule has 0 amide bonds. The molecule has 3 heterocycles. The zero-order valence-corrected chi connectivity index (χ0v) is 9.59. The van der Waals surface area contributed by atoms with Crippen molar-refractivity contribution in [1.82, 2.24) is 14.3 Å². The Morgan fingerprint density at radius 1 is 1.27 bits per heavy atom. The molecule has 0 radical (unpaired) electrons. The van der Waals surface area contributed by atoms with E-state index in [2.05, 4.69) is 19.4 Å². The monoisotopic (exact) mass is 235 g/mol. The molecule has 0 aliphatic rings. The van der Waals surface area contributed by atoms with E-state index in [0.29, 0.717) is 0 Å². The first-order valence-corrected chi connectivity index (χ1v) is 5.32. The SMILES string of the molecule is Pn1c2cnccc2c2c(Cl)ccnc21. The van der Waals surface area contributed by atoms with Crippen LogP contribution in [-0.2, 0) is 0 Å². The van der Waals surface area contributed by atoms with Gasteiger partial charge in [0, 0.05) is 23.2 Å². The average Bonchev–Trinajstić information content (AvgIpc) is 2.55. The van der Waals surface area contributed by atoms with Crippen LogP contribution in [0.4, 0.5) is 0 Å². The molecule has 1 atom stereocenters. The Labute approximate surface area is 93.3 Å². The molecule has 0 saturated heterocycles. The van der Waals surface area contributed by atoms with Crippen LogP contribution in [0, 0.1) is 0 Å². The maximum atomic E-state index is 6.17. The molecule has 3 aromatic heterocycles. The quantitative estimate of drug-likeness (QED) is 0.561. The summed E-state index contributed by atoms with van der Waals surface area (Å²) in [7, 11) is 2.62. The van der Waals surface area contributed by atoms with Gasteiger partial charge in [-0.25, -0.2) is 4.98 Å². The van der Waals surface area contributed by atoms with Crippen molar-refractivity contribution in [2.75, 3.05) is 0 Å². The first kappa shape index (κ1) is 9.08. The molecule has 3 aromatic rings. The zero-order chi connectivity index (χ0) is 10.4. The fourth-order valence-electron chi connectivity index (χ4n) is 1.76. The number of hydrogen-bond donors (Lipinski definition) is 0. The predicted molar refractivity (Wildman–Crippen MR) is 65.2 cm³/mol. The minimum atomic E-state index is 0.720. The molecule has 0 spiro atoms. The number of nitrogens with zero attached hydrogens (tertiary/aromatic N) is 3. The van der Waals surface area contributed by atoms with Crippen LogP contribution in [0.3, 0.4) is 0 Å². The summed E-state index contributed by atoms with van der Waals surface area (Å²) in [6, 6.07) is 3.75. The molecule has 0 aliphatic carbocycles. The Balaban J connectivity index is 2.70. The second kappa shape index (κ2) is 3.16. The summed E-state index contributed by atoms with van der Waals surface area (Å²) in [6.45, 7) is 0. The maximum Gasteiger partial charge on any atom is 0.145 e. The van der Waals surface area contributed by atoms with Gasteiger partial charge >= 0.3 is 0 Å². The highest BCUT2D eigenvalue weighted by molar-refractivity contribution is 7.15. The normalized spacial score (nSPS) is 11.3. The Morgan fingerprint density at radius 2 is 2.13 bits per heavy atom. The highest BCUT2D eigenvalue weighted by Crippen LogP contribution is 2.33. The molecule has 15 heavy (non-hydrogen) atoms. The smallest absolute Gasteiger partial charge is 0.145 e. The first-order chi connectivity index (χ1) is 7.29. The number of pyridine rings is 2. The summed E-state index contributed by atoms with van der Waals surface area (Å²) < 4.78 is 1.92. The second-order valence-electron chi connectivity index (χ2n) is 3.25. The third kappa shape index (κ3) is 1.17. The van der Waals surface area contributed by atoms with Crippen LogP contribution in [-0.4, -0.2) is 14.3 Å². The molecule has 0 aromatic carbocycles. The van der Waals surface area contributed by atoms with E-state index in [1.54, 1.807) is 24.7 Å². The lowest BCUT2D eigenvalue weighted by molar-refractivity contribution is 1.27. The molecule has 74 valence electrons. The highest BCUT2D eigenvalue weighted by Gasteiger charge is 2.11. The molecule has 0 aliphatic heterocycles. The molecule has 1 unspecified atom stereocenters. The number of aromatic nitrogens is 3. The van der Waals surface area contributed by atoms with E-state index in [4.69, 9.17) is 11.6 Å². The van der Waals surface area contributed by atoms with Gasteiger partial charge in [-0.1, -0.05) is 11.6 Å². The molecule has 0 N–H and O–H groups in total. The Kier molecular flexibility index (Phi) is 1.91. The summed E-state index contributed by atoms with van der Waals surface area (Å²) >= 11 is 6.17. The van der Waals surface area contributed by atoms with E-state index in [0.717, 1.165) is 27.0 Å². The zero-order valence-electron chi connectivity index (χ0n) is 7.68. The summed E-state index contributed by atoms with van der Waals surface area (Å²) in [5, 5.41) is 2.78. The lowest BCUT2D eigenvalue weighted by atomic mass is 10.2. The Hall–Kier alpha value is -1.18. The van der Waals surface area contributed by atoms with Crippen molar-refractivity contribution in [2.45, 2.75) is 0 Å². The van der Waals surface area contributed by atoms with Gasteiger partial charge in [-0.15, -0.1) is 0 Å². The van der Waals surface area contributed by atoms with Gasteiger partial charge in [-0.2, -0.15) is 0 Å². The maximum absolute atomic E-state index is 6.17. The number of rotatable bonds is 0. The van der Waals surface area contributed by atoms with Crippen molar-refractivity contribution in [3.05, 3.63) is 35.7 Å². The van der Waals surface area contributed by atoms with Crippen molar-refractivity contribution in [2.24, 2.45) is 0 Å². The van der Waals surface area contributed by atoms with Gasteiger partial charge in [0.1, 0.15) is 5.65 Å². The van der Waals surface area contributed by atoms with Crippen LogP contribution in [0.2, 0.25) is 5.02 Å². The number of halogens is 1. The van der Waals surface area contributed by atoms with Gasteiger partial charge in [-0.05, 0) is 21.5 Å². The Bertz CT molecular complexity index is 662. The molecule has 3 nitrogen and oxygen atoms in total. The van der Waals surface area contributed by atoms with Gasteiger partial charge in [0.05, 0.1) is 16.7 Å². The van der Waals surface area contributed by atoms with Gasteiger partial charge in [0.15, 0.2) is 0 Å². The molecule has 0 saturated carbocycles. The van der Waals surface area contributed by atoms with Crippen molar-refractivity contribution >= 4 is 42.9 Å². The molecular formula is C10H7ClN3P. The van der Waals surface area contributed by atoms with Crippen molar-refractivity contribution < 1.29 is 0 Å². The van der Waals surface area contributed by atoms with E-state index >= 15 is 0 Å². The standard InChI is InChI=1S/C10H7ClN3P/c11-7-2-4-13-10-9(7)6-1-3-12-5-8(6)14(10)15/h1-5H,15H2. The van der Waals surface area contributed by atoms with E-state index in [9.17, 15) is 0 Å². The van der Waals surface area contributed by atoms with Gasteiger partial charge in [0.25, 0.3) is 0 Å². The van der Waals surface area contributed by atoms with Gasteiger partial charge < -0.3 is 4.34 Å². The Morgan fingerprint density at radius 3 is 3.00 bits per heavy atom. The van der Waals surface area contributed by atoms with Crippen LogP contribution in [0.5, 0.6) is 0 Å². The summed E-state index contributed by atoms with van der Waals surface area (Å²) in [6.07, 6.45) is 5.27. The molecule has 5 heteroatoms. The van der Waals surface area contributed by atoms with Crippen molar-refractivity contribution in [3.8, 4) is 0 Å². The topological polar surface area (TPSA) is 30.7 Å². The highest BCUT2D eigenvalue weighted by atomic mass is 35.5. The van der Waals surface area contributed by atoms with Crippen LogP contribution < -0.4 is 0 Å². The van der Waals surface area contributed by atoms with Gasteiger partial charge in [0.2, 0.25) is 0 Å². The predicted octanol–water partition coefficient (Wildman–Crippen LogP) is 2.88. The lowest BCUT2D eigenvalue weighted by Gasteiger charge is -1.95. The lowest BCUT2D eigenvalue weighted by Crippen LogP contribution is -1.81. The largest absolute Gasteiger partial charge is 0.308 e. The average molecular weight is 236 g/mol. The van der Waals surface area contributed by atoms with Crippen molar-refractivity contribution in [3.63, 3.8) is 0 Å². The third-order valence-corrected chi connectivity index (χ3v) is 3.27. The van der Waals surface area contributed by atoms with Crippen LogP contribution in [0.15, 0.2) is 30.7 Å². The summed E-state index contributed by atoms with van der Waals surface area (Å²) in [4.78, 5) is 8.40. The minimum Gasteiger partial charge on any atom is -0.308 e. The molecule has 3 rings (SSSR count). The fraction of sp³-hybridized carbons (Fsp3) is 0. The van der Waals surface area contributed by atoms with Crippen molar-refractivity contribution in [1.29, 1.82) is 0 Å². The van der Waals surface area contributed by atoms with E-state index < -0.39 is 0 Å². The van der Waals surface area contributed by atoms with Crippen LogP contribution >= 0.6 is 21.0 Å². The fourth-order valence-corrected chi connectivity index (χ4v) is 2.41. The summed E-state index contributed by atoms with van der Waals surface area (Å²) in [5.41, 5.74) is 1.87. The number of hydrogen-bond acceptors (Lipinski definition) is 2. The first-order valence-electron chi connectivity index (χ1n) is 4.43. The molecule has 0 fully saturated rings. The van der Waals surface area contributed by atoms with Crippen LogP contribution in [0.1, 0.15) is 0 Å². The molecule has 0 bridgehead atoms. The third-order valence-electron chi connectivity index (χ3n) is 2.44. The second-order valence-corrected chi connectivity index (χ2v) is 4.18. The minimum absolute atomic E-state index is 0.720. The van der Waals surface area contributed by atoms with Crippen LogP contribution in [0.25, 0.3) is 21.9 Å². The van der Waals surface area contributed by atoms with Gasteiger partial charge in [-0.3, -0.25) is 4.98 Å². The van der Waals surface area contributed by atoms with E-state index in [-0.39, 0.29) is 0 Å². The number of fused-ring (bicyclic) bond motifs is 3. The van der Waals surface area contributed by atoms with E-state index in [1.807, 2.05) is 10.4 Å². The molecular weight excluding hydrogens is 229 g/mol.